The normalized spacial score (nSPS) is 2.40. The minimum absolute atomic E-state index is 0. The van der Waals surface area contributed by atoms with Crippen LogP contribution in [0.25, 0.3) is 0 Å². The molecule has 0 bridgehead atoms. The van der Waals surface area contributed by atoms with E-state index in [9.17, 15) is 0 Å². The Hall–Kier alpha value is 0.634. The van der Waals surface area contributed by atoms with E-state index in [4.69, 9.17) is 10.1 Å². The Morgan fingerprint density at radius 1 is 1.60 bits per heavy atom. The van der Waals surface area contributed by atoms with E-state index in [0.717, 1.165) is 0 Å². The minimum atomic E-state index is 0. The Balaban J connectivity index is -0.0000000200. The van der Waals surface area contributed by atoms with Gasteiger partial charge in [0.15, 0.2) is 0 Å². The summed E-state index contributed by atoms with van der Waals surface area (Å²) in [5.41, 5.74) is 0. The number of nitrogens with one attached hydrogen (secondary N) is 1. The zero-order valence-electron chi connectivity index (χ0n) is 1.32. The molecule has 0 aliphatic rings. The molecule has 5 heavy (non-hydrogen) atoms. The molecule has 0 saturated carbocycles. The maximum absolute atomic E-state index is 8.12. The molecule has 0 unspecified atom stereocenters. The van der Waals surface area contributed by atoms with Crippen molar-refractivity contribution in [3.8, 4) is 0 Å². The number of hydrogen-bond acceptors (Lipinski definition) is 2. The monoisotopic (exact) mass is 127 g/mol. The topological polar surface area (TPSA) is 54.1 Å². The van der Waals surface area contributed by atoms with E-state index >= 15 is 0 Å². The molecular formula is H5GaLiNO2. The van der Waals surface area contributed by atoms with Crippen molar-refractivity contribution in [1.82, 2.24) is 0 Å². The van der Waals surface area contributed by atoms with Gasteiger partial charge in [-0.25, -0.2) is 0 Å². The molecule has 0 aromatic carbocycles. The van der Waals surface area contributed by atoms with Crippen LogP contribution in [0.4, 0.5) is 0 Å². The molecule has 0 heterocycles. The SMILES string of the molecule is O=[NH+][O-].[GaH3].[LiH]. The summed E-state index contributed by atoms with van der Waals surface area (Å²) in [6.07, 6.45) is 0. The van der Waals surface area contributed by atoms with Crippen molar-refractivity contribution in [2.75, 3.05) is 0 Å². The second-order valence-electron chi connectivity index (χ2n) is 0.0833. The van der Waals surface area contributed by atoms with Crippen molar-refractivity contribution in [3.05, 3.63) is 10.1 Å². The van der Waals surface area contributed by atoms with Crippen LogP contribution in [0.15, 0.2) is 0 Å². The first-order valence-electron chi connectivity index (χ1n) is 0.408. The molecule has 0 radical (unpaired) electrons. The predicted molar refractivity (Wildman–Crippen MR) is 24.8 cm³/mol. The molecule has 5 heteroatoms. The quantitative estimate of drug-likeness (QED) is 0.209. The first-order valence-corrected chi connectivity index (χ1v) is 0.408. The first kappa shape index (κ1) is 17.4. The zero-order valence-corrected chi connectivity index (χ0v) is 1.32. The molecular weight excluding hydrogens is 123 g/mol. The van der Waals surface area contributed by atoms with E-state index in [-0.39, 0.29) is 44.0 Å². The number of hydrogen-bond donors (Lipinski definition) is 1. The van der Waals surface area contributed by atoms with E-state index in [1.807, 2.05) is 0 Å². The predicted octanol–water partition coefficient (Wildman–Crippen LogP) is -3.50. The molecule has 0 aromatic rings. The van der Waals surface area contributed by atoms with E-state index in [1.165, 1.54) is 0 Å². The third-order valence-corrected chi connectivity index (χ3v) is 0. The van der Waals surface area contributed by atoms with Crippen molar-refractivity contribution in [2.24, 2.45) is 0 Å². The van der Waals surface area contributed by atoms with Crippen LogP contribution >= 0.6 is 0 Å². The molecule has 0 saturated heterocycles. The summed E-state index contributed by atoms with van der Waals surface area (Å²) in [6, 6.07) is 0. The summed E-state index contributed by atoms with van der Waals surface area (Å²) in [5, 5.41) is 8.38. The van der Waals surface area contributed by atoms with Crippen LogP contribution in [0, 0.1) is 10.1 Å². The average Bonchev–Trinajstić information content (AvgIpc) is 0.918. The number of rotatable bonds is 0. The maximum atomic E-state index is 8.12. The van der Waals surface area contributed by atoms with Crippen molar-refractivity contribution >= 4 is 38.7 Å². The summed E-state index contributed by atoms with van der Waals surface area (Å²) in [7, 11) is 0. The van der Waals surface area contributed by atoms with Gasteiger partial charge in [0.05, 0.1) is 0 Å². The van der Waals surface area contributed by atoms with Crippen LogP contribution in [0.3, 0.4) is 0 Å². The van der Waals surface area contributed by atoms with Crippen molar-refractivity contribution < 1.29 is 5.34 Å². The molecule has 0 aliphatic carbocycles. The standard InChI is InChI=1S/Ga.Li.HNO2.4H/c;;2-1-3;;;;/h;;1H;;;;. The zero-order chi connectivity index (χ0) is 2.71. The molecule has 0 spiro atoms. The van der Waals surface area contributed by atoms with Gasteiger partial charge in [0.1, 0.15) is 0 Å². The van der Waals surface area contributed by atoms with Crippen LogP contribution in [-0.2, 0) is 0 Å². The summed E-state index contributed by atoms with van der Waals surface area (Å²) in [4.78, 5) is 8.12. The van der Waals surface area contributed by atoms with Gasteiger partial charge in [-0.3, -0.25) is 10.1 Å². The fourth-order valence-corrected chi connectivity index (χ4v) is 0. The Kier molecular flexibility index (Phi) is 79.9. The third-order valence-electron chi connectivity index (χ3n) is 0. The Bertz CT molecular complexity index is 17.1. The van der Waals surface area contributed by atoms with Gasteiger partial charge in [0, 0.05) is 5.34 Å². The van der Waals surface area contributed by atoms with Crippen molar-refractivity contribution in [3.63, 3.8) is 0 Å². The van der Waals surface area contributed by atoms with Gasteiger partial charge >= 0.3 is 38.7 Å². The molecule has 3 nitrogen and oxygen atoms in total. The van der Waals surface area contributed by atoms with E-state index < -0.39 is 0 Å². The van der Waals surface area contributed by atoms with Crippen LogP contribution in [0.5, 0.6) is 0 Å². The van der Waals surface area contributed by atoms with Gasteiger partial charge in [-0.2, -0.15) is 0 Å². The van der Waals surface area contributed by atoms with Crippen molar-refractivity contribution in [2.45, 2.75) is 0 Å². The van der Waals surface area contributed by atoms with Crippen LogP contribution in [0.1, 0.15) is 0 Å². The second kappa shape index (κ2) is 22.9. The first-order chi connectivity index (χ1) is 1.41. The van der Waals surface area contributed by atoms with Gasteiger partial charge in [-0.15, -0.1) is 0 Å². The second-order valence-corrected chi connectivity index (χ2v) is 0.0833. The molecule has 1 N–H and O–H groups in total. The van der Waals surface area contributed by atoms with Gasteiger partial charge < -0.3 is 0 Å². The van der Waals surface area contributed by atoms with E-state index in [2.05, 4.69) is 0 Å². The van der Waals surface area contributed by atoms with Gasteiger partial charge in [0.2, 0.25) is 0 Å². The fraction of sp³-hybridized carbons (Fsp3) is 0. The van der Waals surface area contributed by atoms with Crippen LogP contribution in [0.2, 0.25) is 0 Å². The fourth-order valence-electron chi connectivity index (χ4n) is 0. The molecule has 0 aliphatic heterocycles. The van der Waals surface area contributed by atoms with E-state index in [1.54, 1.807) is 0 Å². The Morgan fingerprint density at radius 2 is 1.60 bits per heavy atom. The third kappa shape index (κ3) is 80.0. The molecule has 26 valence electrons. The molecule has 0 aromatic heterocycles. The Labute approximate surface area is 54.3 Å². The average molecular weight is 128 g/mol. The summed E-state index contributed by atoms with van der Waals surface area (Å²) >= 11 is 0. The summed E-state index contributed by atoms with van der Waals surface area (Å²) in [6.45, 7) is 0. The summed E-state index contributed by atoms with van der Waals surface area (Å²) in [5.74, 6) is 0. The molecule has 0 rings (SSSR count). The van der Waals surface area contributed by atoms with Gasteiger partial charge in [-0.1, -0.05) is 0 Å². The Morgan fingerprint density at radius 3 is 1.60 bits per heavy atom. The summed E-state index contributed by atoms with van der Waals surface area (Å²) < 4.78 is 0. The van der Waals surface area contributed by atoms with Gasteiger partial charge in [-0.05, 0) is 0 Å². The van der Waals surface area contributed by atoms with Gasteiger partial charge in [0.25, 0.3) is 0 Å². The van der Waals surface area contributed by atoms with Crippen molar-refractivity contribution in [1.29, 1.82) is 0 Å². The van der Waals surface area contributed by atoms with Crippen LogP contribution < -0.4 is 5.34 Å². The molecule has 0 fully saturated rings. The van der Waals surface area contributed by atoms with E-state index in [0.29, 0.717) is 0 Å². The molecule has 0 atom stereocenters. The van der Waals surface area contributed by atoms with Crippen LogP contribution in [-0.4, -0.2) is 38.7 Å². The molecule has 0 amide bonds.